The number of rotatable bonds is 6. The highest BCUT2D eigenvalue weighted by Crippen LogP contribution is 2.21. The van der Waals surface area contributed by atoms with Crippen LogP contribution in [0.25, 0.3) is 5.69 Å². The fraction of sp³-hybridized carbons (Fsp3) is 0.120. The van der Waals surface area contributed by atoms with Crippen LogP contribution in [0.4, 0.5) is 5.69 Å². The molecule has 0 aliphatic rings. The molecule has 0 radical (unpaired) electrons. The van der Waals surface area contributed by atoms with Crippen LogP contribution < -0.4 is 10.3 Å². The Bertz CT molecular complexity index is 1270. The van der Waals surface area contributed by atoms with Crippen molar-refractivity contribution in [3.05, 3.63) is 111 Å². The van der Waals surface area contributed by atoms with Crippen molar-refractivity contribution in [2.75, 3.05) is 0 Å². The topological polar surface area (TPSA) is 48.5 Å². The van der Waals surface area contributed by atoms with Crippen LogP contribution in [0.15, 0.2) is 88.6 Å². The van der Waals surface area contributed by atoms with Crippen molar-refractivity contribution >= 4 is 23.5 Å². The van der Waals surface area contributed by atoms with Gasteiger partial charge in [-0.3, -0.25) is 9.48 Å². The number of halogens is 1. The lowest BCUT2D eigenvalue weighted by Crippen LogP contribution is -2.19. The minimum absolute atomic E-state index is 0.165. The first-order valence-corrected chi connectivity index (χ1v) is 10.3. The highest BCUT2D eigenvalue weighted by atomic mass is 35.5. The van der Waals surface area contributed by atoms with E-state index in [1.807, 2.05) is 97.5 Å². The number of ether oxygens (including phenoxy) is 1. The van der Waals surface area contributed by atoms with E-state index >= 15 is 0 Å². The Kier molecular flexibility index (Phi) is 6.05. The summed E-state index contributed by atoms with van der Waals surface area (Å²) in [4.78, 5) is 17.6. The van der Waals surface area contributed by atoms with Gasteiger partial charge in [-0.15, -0.1) is 0 Å². The Morgan fingerprint density at radius 2 is 1.65 bits per heavy atom. The van der Waals surface area contributed by atoms with Crippen LogP contribution in [0.1, 0.15) is 16.8 Å². The number of hydrogen-bond acceptors (Lipinski definition) is 3. The van der Waals surface area contributed by atoms with Gasteiger partial charge < -0.3 is 4.74 Å². The van der Waals surface area contributed by atoms with Crippen molar-refractivity contribution in [3.63, 3.8) is 0 Å². The molecule has 0 aliphatic heterocycles. The van der Waals surface area contributed by atoms with Gasteiger partial charge in [0.2, 0.25) is 0 Å². The molecule has 5 nitrogen and oxygen atoms in total. The van der Waals surface area contributed by atoms with E-state index in [2.05, 4.69) is 4.99 Å². The molecule has 0 fully saturated rings. The Morgan fingerprint density at radius 1 is 0.968 bits per heavy atom. The SMILES string of the molecule is Cc1c(N=Cc2ccccc2OCc2ccc(Cl)cc2)c(=O)n(-c2ccccc2)n1C. The maximum Gasteiger partial charge on any atom is 0.297 e. The molecule has 0 unspecified atom stereocenters. The lowest BCUT2D eigenvalue weighted by Gasteiger charge is -2.09. The molecule has 0 saturated carbocycles. The third-order valence-corrected chi connectivity index (χ3v) is 5.34. The number of para-hydroxylation sites is 2. The summed E-state index contributed by atoms with van der Waals surface area (Å²) in [6, 6.07) is 24.7. The van der Waals surface area contributed by atoms with Crippen molar-refractivity contribution in [1.29, 1.82) is 0 Å². The minimum atomic E-state index is -0.165. The van der Waals surface area contributed by atoms with Gasteiger partial charge in [0.1, 0.15) is 12.4 Å². The van der Waals surface area contributed by atoms with E-state index in [0.29, 0.717) is 23.1 Å². The Morgan fingerprint density at radius 3 is 2.39 bits per heavy atom. The predicted octanol–water partition coefficient (Wildman–Crippen LogP) is 5.47. The number of aromatic nitrogens is 2. The van der Waals surface area contributed by atoms with Gasteiger partial charge in [0, 0.05) is 23.8 Å². The van der Waals surface area contributed by atoms with Crippen molar-refractivity contribution in [2.45, 2.75) is 13.5 Å². The second-order valence-electron chi connectivity index (χ2n) is 7.12. The summed E-state index contributed by atoms with van der Waals surface area (Å²) in [5.41, 5.74) is 3.63. The van der Waals surface area contributed by atoms with Crippen LogP contribution in [0.3, 0.4) is 0 Å². The Hall–Kier alpha value is -3.57. The zero-order valence-electron chi connectivity index (χ0n) is 17.3. The lowest BCUT2D eigenvalue weighted by molar-refractivity contribution is 0.306. The molecular formula is C25H22ClN3O2. The van der Waals surface area contributed by atoms with E-state index in [1.54, 1.807) is 10.9 Å². The van der Waals surface area contributed by atoms with Gasteiger partial charge in [0.15, 0.2) is 5.69 Å². The minimum Gasteiger partial charge on any atom is -0.488 e. The Balaban J connectivity index is 1.61. The highest BCUT2D eigenvalue weighted by molar-refractivity contribution is 6.30. The van der Waals surface area contributed by atoms with Crippen molar-refractivity contribution < 1.29 is 4.74 Å². The third-order valence-electron chi connectivity index (χ3n) is 5.08. The first-order chi connectivity index (χ1) is 15.0. The van der Waals surface area contributed by atoms with Gasteiger partial charge in [-0.1, -0.05) is 54.1 Å². The molecule has 3 aromatic carbocycles. The van der Waals surface area contributed by atoms with Gasteiger partial charge >= 0.3 is 0 Å². The van der Waals surface area contributed by atoms with Crippen LogP contribution in [-0.4, -0.2) is 15.6 Å². The summed E-state index contributed by atoms with van der Waals surface area (Å²) in [6.45, 7) is 2.30. The van der Waals surface area contributed by atoms with E-state index in [4.69, 9.17) is 16.3 Å². The Labute approximate surface area is 185 Å². The number of aliphatic imine (C=N–C) groups is 1. The molecule has 0 atom stereocenters. The summed E-state index contributed by atoms with van der Waals surface area (Å²) in [6.07, 6.45) is 1.68. The van der Waals surface area contributed by atoms with E-state index < -0.39 is 0 Å². The quantitative estimate of drug-likeness (QED) is 0.380. The van der Waals surface area contributed by atoms with Crippen LogP contribution in [0.5, 0.6) is 5.75 Å². The van der Waals surface area contributed by atoms with Crippen LogP contribution in [0, 0.1) is 6.92 Å². The summed E-state index contributed by atoms with van der Waals surface area (Å²) >= 11 is 5.94. The van der Waals surface area contributed by atoms with Gasteiger partial charge in [-0.05, 0) is 48.9 Å². The zero-order valence-corrected chi connectivity index (χ0v) is 18.1. The number of benzene rings is 3. The molecule has 6 heteroatoms. The summed E-state index contributed by atoms with van der Waals surface area (Å²) in [7, 11) is 1.85. The summed E-state index contributed by atoms with van der Waals surface area (Å²) < 4.78 is 9.42. The largest absolute Gasteiger partial charge is 0.488 e. The van der Waals surface area contributed by atoms with Crippen molar-refractivity contribution in [1.82, 2.24) is 9.36 Å². The average molecular weight is 432 g/mol. The molecule has 0 N–H and O–H groups in total. The summed E-state index contributed by atoms with van der Waals surface area (Å²) in [5.74, 6) is 0.693. The van der Waals surface area contributed by atoms with Crippen LogP contribution >= 0.6 is 11.6 Å². The molecule has 156 valence electrons. The highest BCUT2D eigenvalue weighted by Gasteiger charge is 2.15. The molecule has 4 rings (SSSR count). The predicted molar refractivity (Wildman–Crippen MR) is 125 cm³/mol. The summed E-state index contributed by atoms with van der Waals surface area (Å²) in [5, 5.41) is 0.690. The van der Waals surface area contributed by atoms with Gasteiger partial charge in [0.25, 0.3) is 5.56 Å². The maximum atomic E-state index is 13.0. The average Bonchev–Trinajstić information content (AvgIpc) is 3.01. The fourth-order valence-electron chi connectivity index (χ4n) is 3.30. The van der Waals surface area contributed by atoms with Gasteiger partial charge in [-0.2, -0.15) is 0 Å². The third kappa shape index (κ3) is 4.47. The van der Waals surface area contributed by atoms with Crippen molar-refractivity contribution in [2.24, 2.45) is 12.0 Å². The van der Waals surface area contributed by atoms with E-state index in [0.717, 1.165) is 22.5 Å². The molecule has 31 heavy (non-hydrogen) atoms. The zero-order chi connectivity index (χ0) is 21.8. The number of hydrogen-bond donors (Lipinski definition) is 0. The molecule has 0 spiro atoms. The van der Waals surface area contributed by atoms with E-state index in [1.165, 1.54) is 0 Å². The molecular weight excluding hydrogens is 410 g/mol. The van der Waals surface area contributed by atoms with Gasteiger partial charge in [0.05, 0.1) is 11.4 Å². The first kappa shape index (κ1) is 20.7. The smallest absolute Gasteiger partial charge is 0.297 e. The monoisotopic (exact) mass is 431 g/mol. The van der Waals surface area contributed by atoms with E-state index in [9.17, 15) is 4.79 Å². The van der Waals surface area contributed by atoms with Crippen molar-refractivity contribution in [3.8, 4) is 11.4 Å². The van der Waals surface area contributed by atoms with Crippen LogP contribution in [0.2, 0.25) is 5.02 Å². The first-order valence-electron chi connectivity index (χ1n) is 9.89. The van der Waals surface area contributed by atoms with Crippen LogP contribution in [-0.2, 0) is 13.7 Å². The normalized spacial score (nSPS) is 11.2. The molecule has 1 heterocycles. The maximum absolute atomic E-state index is 13.0. The molecule has 0 amide bonds. The van der Waals surface area contributed by atoms with E-state index in [-0.39, 0.29) is 5.56 Å². The van der Waals surface area contributed by atoms with Gasteiger partial charge in [-0.25, -0.2) is 9.67 Å². The molecule has 0 bridgehead atoms. The number of nitrogens with zero attached hydrogens (tertiary/aromatic N) is 3. The molecule has 4 aromatic rings. The lowest BCUT2D eigenvalue weighted by atomic mass is 10.2. The standard InChI is InChI=1S/C25H22ClN3O2/c1-18-24(25(30)29(28(18)2)22-9-4-3-5-10-22)27-16-20-8-6-7-11-23(20)31-17-19-12-14-21(26)15-13-19/h3-16H,17H2,1-2H3. The molecule has 0 saturated heterocycles. The second-order valence-corrected chi connectivity index (χ2v) is 7.56. The molecule has 1 aromatic heterocycles. The fourth-order valence-corrected chi connectivity index (χ4v) is 3.42. The second kappa shape index (κ2) is 9.06. The molecule has 0 aliphatic carbocycles.